The van der Waals surface area contributed by atoms with Crippen molar-refractivity contribution in [3.05, 3.63) is 58.8 Å². The van der Waals surface area contributed by atoms with E-state index >= 15 is 0 Å². The van der Waals surface area contributed by atoms with Crippen molar-refractivity contribution in [3.8, 4) is 0 Å². The van der Waals surface area contributed by atoms with E-state index in [1.54, 1.807) is 0 Å². The van der Waals surface area contributed by atoms with Crippen LogP contribution in [-0.4, -0.2) is 0 Å². The van der Waals surface area contributed by atoms with Crippen molar-refractivity contribution in [2.75, 3.05) is 0 Å². The molecule has 0 radical (unpaired) electrons. The Morgan fingerprint density at radius 1 is 1.07 bits per heavy atom. The zero-order chi connectivity index (χ0) is 21.6. The zero-order valence-corrected chi connectivity index (χ0v) is 19.7. The van der Waals surface area contributed by atoms with Crippen molar-refractivity contribution in [1.82, 2.24) is 0 Å². The molecule has 0 spiro atoms. The summed E-state index contributed by atoms with van der Waals surface area (Å²) in [5, 5.41) is 0. The molecule has 158 valence electrons. The third-order valence-corrected chi connectivity index (χ3v) is 4.62. The van der Waals surface area contributed by atoms with E-state index in [-0.39, 0.29) is 0 Å². The Labute approximate surface area is 175 Å². The molecule has 0 aliphatic heterocycles. The van der Waals surface area contributed by atoms with Gasteiger partial charge in [-0.3, -0.25) is 0 Å². The lowest BCUT2D eigenvalue weighted by atomic mass is 9.89. The number of hydrogen-bond acceptors (Lipinski definition) is 1. The van der Waals surface area contributed by atoms with Crippen molar-refractivity contribution >= 4 is 12.2 Å². The van der Waals surface area contributed by atoms with Crippen molar-refractivity contribution < 1.29 is 0 Å². The Kier molecular flexibility index (Phi) is 13.4. The number of rotatable bonds is 9. The molecule has 0 aliphatic carbocycles. The number of unbranched alkanes of at least 4 members (excludes halogenated alkanes) is 3. The summed E-state index contributed by atoms with van der Waals surface area (Å²) in [5.74, 6) is 0. The minimum Gasteiger partial charge on any atom is -0.399 e. The van der Waals surface area contributed by atoms with Gasteiger partial charge in [0.1, 0.15) is 0 Å². The monoisotopic (exact) mass is 383 g/mol. The van der Waals surface area contributed by atoms with E-state index in [0.29, 0.717) is 11.1 Å². The first-order valence-corrected chi connectivity index (χ1v) is 11.0. The Hall–Kier alpha value is -1.76. The standard InChI is InChI=1S/C17H23N.C10H22/c1-5-6-13(2)11-17-12-16(9-7-14(17)3)10-8-15(4)18;1-5-6-7-8-9-10(2,3)4/h7-12H,4-6,18H2,1-3H3;5-9H2,1-4H3/b10-8+,13-11+;. The second-order valence-corrected chi connectivity index (χ2v) is 9.14. The molecule has 0 heterocycles. The fourth-order valence-electron chi connectivity index (χ4n) is 2.94. The van der Waals surface area contributed by atoms with E-state index in [2.05, 4.69) is 79.3 Å². The van der Waals surface area contributed by atoms with Crippen LogP contribution in [0.15, 0.2) is 42.1 Å². The summed E-state index contributed by atoms with van der Waals surface area (Å²) in [6, 6.07) is 6.43. The molecule has 0 aliphatic rings. The highest BCUT2D eigenvalue weighted by Gasteiger charge is 2.08. The topological polar surface area (TPSA) is 26.0 Å². The van der Waals surface area contributed by atoms with Crippen molar-refractivity contribution in [1.29, 1.82) is 0 Å². The van der Waals surface area contributed by atoms with E-state index in [4.69, 9.17) is 5.73 Å². The number of benzene rings is 1. The lowest BCUT2D eigenvalue weighted by molar-refractivity contribution is 0.358. The van der Waals surface area contributed by atoms with E-state index in [1.807, 2.05) is 12.2 Å². The minimum absolute atomic E-state index is 0.549. The van der Waals surface area contributed by atoms with Crippen LogP contribution in [0.4, 0.5) is 0 Å². The van der Waals surface area contributed by atoms with Crippen molar-refractivity contribution in [3.63, 3.8) is 0 Å². The van der Waals surface area contributed by atoms with Gasteiger partial charge in [0.25, 0.3) is 0 Å². The predicted octanol–water partition coefficient (Wildman–Crippen LogP) is 8.69. The quantitative estimate of drug-likeness (QED) is 0.335. The van der Waals surface area contributed by atoms with Crippen molar-refractivity contribution in [2.24, 2.45) is 11.1 Å². The maximum Gasteiger partial charge on any atom is 0.0241 e. The molecule has 0 saturated heterocycles. The Balaban J connectivity index is 0.000000621. The molecule has 1 nitrogen and oxygen atoms in total. The number of hydrogen-bond donors (Lipinski definition) is 1. The molecule has 0 unspecified atom stereocenters. The molecule has 0 fully saturated rings. The van der Waals surface area contributed by atoms with Gasteiger partial charge in [-0.1, -0.05) is 103 Å². The van der Waals surface area contributed by atoms with Gasteiger partial charge in [-0.2, -0.15) is 0 Å². The first-order chi connectivity index (χ1) is 13.1. The fourth-order valence-corrected chi connectivity index (χ4v) is 2.94. The summed E-state index contributed by atoms with van der Waals surface area (Å²) >= 11 is 0. The van der Waals surface area contributed by atoms with Crippen LogP contribution in [0.2, 0.25) is 0 Å². The van der Waals surface area contributed by atoms with Crippen LogP contribution >= 0.6 is 0 Å². The van der Waals surface area contributed by atoms with Gasteiger partial charge in [0.15, 0.2) is 0 Å². The molecule has 0 amide bonds. The van der Waals surface area contributed by atoms with E-state index in [1.165, 1.54) is 55.2 Å². The lowest BCUT2D eigenvalue weighted by Gasteiger charge is -2.17. The maximum absolute atomic E-state index is 5.54. The Morgan fingerprint density at radius 2 is 1.75 bits per heavy atom. The molecule has 2 N–H and O–H groups in total. The summed E-state index contributed by atoms with van der Waals surface area (Å²) in [6.07, 6.45) is 15.4. The summed E-state index contributed by atoms with van der Waals surface area (Å²) in [5.41, 5.74) is 11.8. The number of nitrogens with two attached hydrogens (primary N) is 1. The van der Waals surface area contributed by atoms with Gasteiger partial charge < -0.3 is 5.73 Å². The summed E-state index contributed by atoms with van der Waals surface area (Å²) in [7, 11) is 0. The molecular weight excluding hydrogens is 338 g/mol. The highest BCUT2D eigenvalue weighted by molar-refractivity contribution is 5.62. The van der Waals surface area contributed by atoms with Gasteiger partial charge in [-0.15, -0.1) is 0 Å². The van der Waals surface area contributed by atoms with Crippen LogP contribution in [0.3, 0.4) is 0 Å². The molecule has 28 heavy (non-hydrogen) atoms. The van der Waals surface area contributed by atoms with Gasteiger partial charge in [-0.25, -0.2) is 0 Å². The summed E-state index contributed by atoms with van der Waals surface area (Å²) in [4.78, 5) is 0. The van der Waals surface area contributed by atoms with E-state index < -0.39 is 0 Å². The van der Waals surface area contributed by atoms with E-state index in [9.17, 15) is 0 Å². The van der Waals surface area contributed by atoms with Crippen molar-refractivity contribution in [2.45, 2.75) is 93.4 Å². The van der Waals surface area contributed by atoms with Crippen LogP contribution in [0.5, 0.6) is 0 Å². The first-order valence-electron chi connectivity index (χ1n) is 11.0. The second-order valence-electron chi connectivity index (χ2n) is 9.14. The third-order valence-electron chi connectivity index (χ3n) is 4.62. The van der Waals surface area contributed by atoms with Crippen LogP contribution in [0.25, 0.3) is 12.2 Å². The molecule has 0 atom stereocenters. The smallest absolute Gasteiger partial charge is 0.0241 e. The molecule has 1 aromatic carbocycles. The molecule has 1 heteroatoms. The largest absolute Gasteiger partial charge is 0.399 e. The highest BCUT2D eigenvalue weighted by Crippen LogP contribution is 2.22. The van der Waals surface area contributed by atoms with Gasteiger partial charge in [0, 0.05) is 5.70 Å². The number of aryl methyl sites for hydroxylation is 1. The molecule has 0 saturated carbocycles. The normalized spacial score (nSPS) is 12.0. The van der Waals surface area contributed by atoms with Crippen LogP contribution < -0.4 is 5.73 Å². The Morgan fingerprint density at radius 3 is 2.29 bits per heavy atom. The lowest BCUT2D eigenvalue weighted by Crippen LogP contribution is -2.03. The van der Waals surface area contributed by atoms with E-state index in [0.717, 1.165) is 12.0 Å². The minimum atomic E-state index is 0.549. The molecule has 0 bridgehead atoms. The second kappa shape index (κ2) is 14.3. The average molecular weight is 384 g/mol. The van der Waals surface area contributed by atoms with Crippen LogP contribution in [0.1, 0.15) is 103 Å². The molecule has 0 aromatic heterocycles. The van der Waals surface area contributed by atoms with Gasteiger partial charge >= 0.3 is 0 Å². The average Bonchev–Trinajstić information content (AvgIpc) is 2.59. The maximum atomic E-state index is 5.54. The first kappa shape index (κ1) is 26.2. The van der Waals surface area contributed by atoms with Crippen LogP contribution in [0, 0.1) is 12.3 Å². The predicted molar refractivity (Wildman–Crippen MR) is 130 cm³/mol. The Bertz CT molecular complexity index is 626. The van der Waals surface area contributed by atoms with Gasteiger partial charge in [0.2, 0.25) is 0 Å². The summed E-state index contributed by atoms with van der Waals surface area (Å²) in [6.45, 7) is 19.4. The summed E-state index contributed by atoms with van der Waals surface area (Å²) < 4.78 is 0. The van der Waals surface area contributed by atoms with Gasteiger partial charge in [0.05, 0.1) is 0 Å². The molecular formula is C27H45N. The highest BCUT2D eigenvalue weighted by atomic mass is 14.5. The SMILES string of the molecule is C=C(N)/C=C/c1ccc(C)c(/C=C(\C)CCC)c1.CCCCCCC(C)(C)C. The molecule has 1 rings (SSSR count). The fraction of sp³-hybridized carbons (Fsp3) is 0.556. The third kappa shape index (κ3) is 14.3. The van der Waals surface area contributed by atoms with Crippen LogP contribution in [-0.2, 0) is 0 Å². The number of allylic oxidation sites excluding steroid dienone is 2. The zero-order valence-electron chi connectivity index (χ0n) is 19.7. The van der Waals surface area contributed by atoms with Gasteiger partial charge in [-0.05, 0) is 60.9 Å². The molecule has 1 aromatic rings.